The van der Waals surface area contributed by atoms with Gasteiger partial charge in [0.25, 0.3) is 11.5 Å². The second-order valence-electron chi connectivity index (χ2n) is 7.75. The van der Waals surface area contributed by atoms with Gasteiger partial charge in [0.05, 0.1) is 23.0 Å². The quantitative estimate of drug-likeness (QED) is 0.360. The van der Waals surface area contributed by atoms with E-state index in [2.05, 4.69) is 20.0 Å². The summed E-state index contributed by atoms with van der Waals surface area (Å²) in [5.74, 6) is 3.27. The average Bonchev–Trinajstić information content (AvgIpc) is 2.83. The number of nitrogens with two attached hydrogens (primary N) is 1. The van der Waals surface area contributed by atoms with Crippen molar-refractivity contribution >= 4 is 34.4 Å². The highest BCUT2D eigenvalue weighted by molar-refractivity contribution is 6.38. The van der Waals surface area contributed by atoms with Gasteiger partial charge in [-0.2, -0.15) is 5.10 Å². The summed E-state index contributed by atoms with van der Waals surface area (Å²) in [6, 6.07) is 10.1. The predicted octanol–water partition coefficient (Wildman–Crippen LogP) is 2.26. The van der Waals surface area contributed by atoms with Crippen molar-refractivity contribution in [1.29, 1.82) is 0 Å². The number of carbonyl (C=O) groups is 1. The number of aliphatic imine (C=N–C) groups is 1. The molecule has 3 N–H and O–H groups in total. The number of fused-ring (bicyclic) bond motifs is 1. The van der Waals surface area contributed by atoms with Gasteiger partial charge < -0.3 is 20.6 Å². The monoisotopic (exact) mass is 452 g/mol. The standard InChI is InChI=1S/C23H22F2N6O2/c1-30-8-10-31(11-9-30)23(33)14-2-4-15(5-3-14)27-13-20(29-26)17-12-16-19(28-22(17)32)7-6-18(24)21(16)25/h2-7,12-13H,8-11,26H2,1H3,(H,28,32). The molecule has 0 saturated carbocycles. The van der Waals surface area contributed by atoms with Crippen LogP contribution in [0, 0.1) is 11.6 Å². The van der Waals surface area contributed by atoms with Crippen LogP contribution in [-0.2, 0) is 0 Å². The number of likely N-dealkylation sites (N-methyl/N-ethyl adjacent to an activating group) is 1. The predicted molar refractivity (Wildman–Crippen MR) is 123 cm³/mol. The molecule has 33 heavy (non-hydrogen) atoms. The number of piperazine rings is 1. The number of H-pyrrole nitrogens is 1. The number of carbonyl (C=O) groups excluding carboxylic acids is 1. The van der Waals surface area contributed by atoms with E-state index in [0.29, 0.717) is 24.3 Å². The summed E-state index contributed by atoms with van der Waals surface area (Å²) < 4.78 is 27.7. The van der Waals surface area contributed by atoms with E-state index in [1.165, 1.54) is 18.3 Å². The summed E-state index contributed by atoms with van der Waals surface area (Å²) in [7, 11) is 2.02. The van der Waals surface area contributed by atoms with Gasteiger partial charge in [0.15, 0.2) is 11.6 Å². The fourth-order valence-corrected chi connectivity index (χ4v) is 3.60. The third kappa shape index (κ3) is 4.65. The molecule has 1 aliphatic rings. The van der Waals surface area contributed by atoms with Crippen LogP contribution in [-0.4, -0.2) is 65.8 Å². The van der Waals surface area contributed by atoms with Crippen LogP contribution in [0.25, 0.3) is 10.9 Å². The number of rotatable bonds is 4. The Morgan fingerprint density at radius 3 is 2.45 bits per heavy atom. The Labute approximate surface area is 188 Å². The van der Waals surface area contributed by atoms with Crippen molar-refractivity contribution in [2.24, 2.45) is 15.9 Å². The van der Waals surface area contributed by atoms with E-state index in [1.807, 2.05) is 11.9 Å². The van der Waals surface area contributed by atoms with Gasteiger partial charge in [0.1, 0.15) is 5.71 Å². The maximum absolute atomic E-state index is 14.1. The van der Waals surface area contributed by atoms with Gasteiger partial charge in [-0.15, -0.1) is 0 Å². The third-order valence-corrected chi connectivity index (χ3v) is 5.57. The molecule has 0 unspecified atom stereocenters. The molecule has 3 aromatic rings. The normalized spacial score (nSPS) is 15.5. The number of pyridine rings is 1. The molecule has 2 heterocycles. The van der Waals surface area contributed by atoms with Gasteiger partial charge in [-0.1, -0.05) is 0 Å². The number of nitrogens with one attached hydrogen (secondary N) is 1. The lowest BCUT2D eigenvalue weighted by atomic mass is 10.1. The van der Waals surface area contributed by atoms with Gasteiger partial charge in [-0.05, 0) is 49.5 Å². The molecule has 0 aliphatic carbocycles. The third-order valence-electron chi connectivity index (χ3n) is 5.57. The highest BCUT2D eigenvalue weighted by Crippen LogP contribution is 2.19. The van der Waals surface area contributed by atoms with Crippen LogP contribution in [0.1, 0.15) is 15.9 Å². The lowest BCUT2D eigenvalue weighted by Gasteiger charge is -2.32. The van der Waals surface area contributed by atoms with Crippen LogP contribution in [0.2, 0.25) is 0 Å². The fraction of sp³-hybridized carbons (Fsp3) is 0.217. The molecule has 10 heteroatoms. The first-order chi connectivity index (χ1) is 15.9. The van der Waals surface area contributed by atoms with Gasteiger partial charge in [-0.3, -0.25) is 14.6 Å². The van der Waals surface area contributed by atoms with Gasteiger partial charge in [0, 0.05) is 37.1 Å². The molecule has 1 amide bonds. The number of halogens is 2. The van der Waals surface area contributed by atoms with Gasteiger partial charge in [-0.25, -0.2) is 8.78 Å². The molecular formula is C23H22F2N6O2. The van der Waals surface area contributed by atoms with Crippen molar-refractivity contribution in [3.05, 3.63) is 75.6 Å². The zero-order valence-electron chi connectivity index (χ0n) is 17.9. The highest BCUT2D eigenvalue weighted by atomic mass is 19.2. The molecule has 0 spiro atoms. The van der Waals surface area contributed by atoms with E-state index < -0.39 is 17.2 Å². The number of aromatic nitrogens is 1. The summed E-state index contributed by atoms with van der Waals surface area (Å²) in [6.07, 6.45) is 1.25. The molecular weight excluding hydrogens is 430 g/mol. The number of amides is 1. The molecule has 1 fully saturated rings. The van der Waals surface area contributed by atoms with E-state index in [9.17, 15) is 18.4 Å². The maximum Gasteiger partial charge on any atom is 0.258 e. The lowest BCUT2D eigenvalue weighted by Crippen LogP contribution is -2.47. The Balaban J connectivity index is 1.54. The van der Waals surface area contributed by atoms with E-state index >= 15 is 0 Å². The fourth-order valence-electron chi connectivity index (χ4n) is 3.60. The minimum Gasteiger partial charge on any atom is -0.336 e. The van der Waals surface area contributed by atoms with E-state index in [0.717, 1.165) is 19.2 Å². The summed E-state index contributed by atoms with van der Waals surface area (Å²) >= 11 is 0. The Morgan fingerprint density at radius 1 is 1.09 bits per heavy atom. The van der Waals surface area contributed by atoms with Crippen LogP contribution >= 0.6 is 0 Å². The Bertz CT molecular complexity index is 1310. The lowest BCUT2D eigenvalue weighted by molar-refractivity contribution is 0.0664. The van der Waals surface area contributed by atoms with Gasteiger partial charge >= 0.3 is 0 Å². The zero-order valence-corrected chi connectivity index (χ0v) is 17.9. The van der Waals surface area contributed by atoms with Crippen LogP contribution in [0.3, 0.4) is 0 Å². The van der Waals surface area contributed by atoms with Crippen molar-refractivity contribution in [3.8, 4) is 0 Å². The van der Waals surface area contributed by atoms with E-state index in [4.69, 9.17) is 5.84 Å². The van der Waals surface area contributed by atoms with E-state index in [-0.39, 0.29) is 28.1 Å². The summed E-state index contributed by atoms with van der Waals surface area (Å²) in [5.41, 5.74) is 0.559. The number of hydrogen-bond donors (Lipinski definition) is 2. The van der Waals surface area contributed by atoms with Crippen molar-refractivity contribution < 1.29 is 13.6 Å². The van der Waals surface area contributed by atoms with Crippen LogP contribution < -0.4 is 11.4 Å². The zero-order chi connectivity index (χ0) is 23.5. The van der Waals surface area contributed by atoms with Crippen molar-refractivity contribution in [1.82, 2.24) is 14.8 Å². The number of hydrogen-bond acceptors (Lipinski definition) is 6. The Kier molecular flexibility index (Phi) is 6.27. The highest BCUT2D eigenvalue weighted by Gasteiger charge is 2.20. The molecule has 1 aromatic heterocycles. The largest absolute Gasteiger partial charge is 0.336 e. The molecule has 1 aliphatic heterocycles. The van der Waals surface area contributed by atoms with Crippen molar-refractivity contribution in [2.45, 2.75) is 0 Å². The first-order valence-corrected chi connectivity index (χ1v) is 10.3. The molecule has 0 radical (unpaired) electrons. The molecule has 0 bridgehead atoms. The number of benzene rings is 2. The molecule has 1 saturated heterocycles. The van der Waals surface area contributed by atoms with Crippen molar-refractivity contribution in [3.63, 3.8) is 0 Å². The number of hydrazone groups is 1. The van der Waals surface area contributed by atoms with Crippen LogP contribution in [0.4, 0.5) is 14.5 Å². The molecule has 170 valence electrons. The van der Waals surface area contributed by atoms with Gasteiger partial charge in [0.2, 0.25) is 0 Å². The SMILES string of the molecule is CN1CCN(C(=O)c2ccc(N=CC(=NN)c3cc4c(F)c(F)ccc4[nH]c3=O)cc2)CC1. The second kappa shape index (κ2) is 9.29. The smallest absolute Gasteiger partial charge is 0.258 e. The Hall–Kier alpha value is -3.92. The summed E-state index contributed by atoms with van der Waals surface area (Å²) in [5, 5.41) is 3.47. The maximum atomic E-state index is 14.1. The minimum absolute atomic E-state index is 0.0144. The minimum atomic E-state index is -1.08. The summed E-state index contributed by atoms with van der Waals surface area (Å²) in [4.78, 5) is 35.8. The number of nitrogens with zero attached hydrogens (tertiary/aromatic N) is 4. The van der Waals surface area contributed by atoms with Crippen LogP contribution in [0.15, 0.2) is 57.4 Å². The number of aromatic amines is 1. The first kappa shape index (κ1) is 22.3. The van der Waals surface area contributed by atoms with Crippen molar-refractivity contribution in [2.75, 3.05) is 33.2 Å². The molecule has 2 aromatic carbocycles. The van der Waals surface area contributed by atoms with Crippen LogP contribution in [0.5, 0.6) is 0 Å². The molecule has 4 rings (SSSR count). The summed E-state index contributed by atoms with van der Waals surface area (Å²) in [6.45, 7) is 3.02. The molecule has 0 atom stereocenters. The molecule has 8 nitrogen and oxygen atoms in total. The van der Waals surface area contributed by atoms with E-state index in [1.54, 1.807) is 24.3 Å². The second-order valence-corrected chi connectivity index (χ2v) is 7.75. The average molecular weight is 452 g/mol. The topological polar surface area (TPSA) is 107 Å². The Morgan fingerprint density at radius 2 is 1.79 bits per heavy atom. The first-order valence-electron chi connectivity index (χ1n) is 10.3.